The number of aryl methyl sites for hydroxylation is 2. The third kappa shape index (κ3) is 3.56. The van der Waals surface area contributed by atoms with Crippen LogP contribution in [-0.4, -0.2) is 5.97 Å². The van der Waals surface area contributed by atoms with Crippen molar-refractivity contribution in [3.63, 3.8) is 0 Å². The van der Waals surface area contributed by atoms with Gasteiger partial charge in [-0.2, -0.15) is 0 Å². The highest BCUT2D eigenvalue weighted by molar-refractivity contribution is 14.1. The maximum absolute atomic E-state index is 12.1. The zero-order valence-electron chi connectivity index (χ0n) is 10.9. The van der Waals surface area contributed by atoms with Crippen molar-refractivity contribution in [2.45, 2.75) is 20.5 Å². The summed E-state index contributed by atoms with van der Waals surface area (Å²) in [5.41, 5.74) is 3.69. The topological polar surface area (TPSA) is 26.3 Å². The summed E-state index contributed by atoms with van der Waals surface area (Å²) in [4.78, 5) is 12.1. The Morgan fingerprint density at radius 3 is 2.47 bits per heavy atom. The predicted molar refractivity (Wildman–Crippen MR) is 84.2 cm³/mol. The van der Waals surface area contributed by atoms with E-state index in [9.17, 15) is 4.79 Å². The van der Waals surface area contributed by atoms with Gasteiger partial charge in [0, 0.05) is 3.57 Å². The summed E-state index contributed by atoms with van der Waals surface area (Å²) in [5, 5.41) is 0. The number of ether oxygens (including phenoxy) is 1. The number of hydrogen-bond acceptors (Lipinski definition) is 2. The van der Waals surface area contributed by atoms with Gasteiger partial charge in [-0.3, -0.25) is 0 Å². The minimum absolute atomic E-state index is 0.263. The standard InChI is InChI=1S/C16H15IO2/c1-11-9-15(17)12(2)8-14(11)16(18)19-10-13-6-4-3-5-7-13/h3-9H,10H2,1-2H3. The summed E-state index contributed by atoms with van der Waals surface area (Å²) in [5.74, 6) is -0.263. The molecule has 0 bridgehead atoms. The van der Waals surface area contributed by atoms with Crippen LogP contribution < -0.4 is 0 Å². The second-order valence-corrected chi connectivity index (χ2v) is 5.64. The molecule has 0 spiro atoms. The molecule has 98 valence electrons. The molecule has 0 N–H and O–H groups in total. The number of halogens is 1. The second-order valence-electron chi connectivity index (χ2n) is 4.48. The predicted octanol–water partition coefficient (Wildman–Crippen LogP) is 4.27. The van der Waals surface area contributed by atoms with E-state index in [0.717, 1.165) is 20.3 Å². The highest BCUT2D eigenvalue weighted by atomic mass is 127. The summed E-state index contributed by atoms with van der Waals surface area (Å²) < 4.78 is 6.51. The second kappa shape index (κ2) is 6.19. The van der Waals surface area contributed by atoms with Gasteiger partial charge in [-0.25, -0.2) is 4.79 Å². The summed E-state index contributed by atoms with van der Waals surface area (Å²) in [7, 11) is 0. The third-order valence-electron chi connectivity index (χ3n) is 2.94. The van der Waals surface area contributed by atoms with Crippen LogP contribution in [0.3, 0.4) is 0 Å². The number of esters is 1. The molecule has 0 saturated heterocycles. The average molecular weight is 366 g/mol. The van der Waals surface area contributed by atoms with E-state index in [1.807, 2.05) is 56.3 Å². The molecule has 0 aromatic heterocycles. The van der Waals surface area contributed by atoms with Crippen molar-refractivity contribution >= 4 is 28.6 Å². The zero-order chi connectivity index (χ0) is 13.8. The largest absolute Gasteiger partial charge is 0.457 e. The Balaban J connectivity index is 2.10. The smallest absolute Gasteiger partial charge is 0.338 e. The van der Waals surface area contributed by atoms with E-state index in [4.69, 9.17) is 4.74 Å². The molecule has 2 aromatic rings. The van der Waals surface area contributed by atoms with Crippen LogP contribution in [0.4, 0.5) is 0 Å². The van der Waals surface area contributed by atoms with Gasteiger partial charge >= 0.3 is 5.97 Å². The van der Waals surface area contributed by atoms with Crippen LogP contribution in [0, 0.1) is 17.4 Å². The lowest BCUT2D eigenvalue weighted by Crippen LogP contribution is -2.08. The van der Waals surface area contributed by atoms with Crippen molar-refractivity contribution in [3.05, 3.63) is 68.3 Å². The van der Waals surface area contributed by atoms with E-state index >= 15 is 0 Å². The first-order valence-electron chi connectivity index (χ1n) is 6.05. The van der Waals surface area contributed by atoms with Crippen LogP contribution in [0.2, 0.25) is 0 Å². The van der Waals surface area contributed by atoms with Crippen LogP contribution in [0.5, 0.6) is 0 Å². The monoisotopic (exact) mass is 366 g/mol. The molecule has 0 saturated carbocycles. The summed E-state index contributed by atoms with van der Waals surface area (Å²) >= 11 is 2.27. The van der Waals surface area contributed by atoms with E-state index in [2.05, 4.69) is 22.6 Å². The Kier molecular flexibility index (Phi) is 4.58. The van der Waals surface area contributed by atoms with E-state index < -0.39 is 0 Å². The molecule has 0 unspecified atom stereocenters. The molecule has 0 aliphatic heterocycles. The third-order valence-corrected chi connectivity index (χ3v) is 4.10. The molecule has 0 fully saturated rings. The molecule has 0 atom stereocenters. The summed E-state index contributed by atoms with van der Waals surface area (Å²) in [6.45, 7) is 4.24. The number of benzene rings is 2. The Hall–Kier alpha value is -1.36. The van der Waals surface area contributed by atoms with Crippen LogP contribution in [0.25, 0.3) is 0 Å². The normalized spacial score (nSPS) is 10.3. The van der Waals surface area contributed by atoms with Crippen molar-refractivity contribution < 1.29 is 9.53 Å². The molecule has 0 amide bonds. The van der Waals surface area contributed by atoms with Crippen molar-refractivity contribution in [2.75, 3.05) is 0 Å². The molecule has 2 nitrogen and oxygen atoms in total. The van der Waals surface area contributed by atoms with E-state index in [0.29, 0.717) is 12.2 Å². The fourth-order valence-electron chi connectivity index (χ4n) is 1.80. The molecule has 0 aliphatic carbocycles. The molecule has 0 heterocycles. The lowest BCUT2D eigenvalue weighted by molar-refractivity contribution is 0.0471. The van der Waals surface area contributed by atoms with Crippen LogP contribution >= 0.6 is 22.6 Å². The van der Waals surface area contributed by atoms with Gasteiger partial charge in [0.1, 0.15) is 6.61 Å². The van der Waals surface area contributed by atoms with E-state index in [1.54, 1.807) is 0 Å². The molecule has 3 heteroatoms. The molecule has 0 aliphatic rings. The van der Waals surface area contributed by atoms with Gasteiger partial charge in [0.2, 0.25) is 0 Å². The Morgan fingerprint density at radius 2 is 1.79 bits per heavy atom. The number of carbonyl (C=O) groups is 1. The Bertz CT molecular complexity index is 591. The molecular formula is C16H15IO2. The number of hydrogen-bond donors (Lipinski definition) is 0. The van der Waals surface area contributed by atoms with Gasteiger partial charge in [0.25, 0.3) is 0 Å². The van der Waals surface area contributed by atoms with Crippen LogP contribution in [0.1, 0.15) is 27.0 Å². The molecule has 2 rings (SSSR count). The highest BCUT2D eigenvalue weighted by Crippen LogP contribution is 2.19. The summed E-state index contributed by atoms with van der Waals surface area (Å²) in [6, 6.07) is 13.6. The van der Waals surface area contributed by atoms with Gasteiger partial charge < -0.3 is 4.74 Å². The average Bonchev–Trinajstić information content (AvgIpc) is 2.41. The van der Waals surface area contributed by atoms with Gasteiger partial charge in [-0.1, -0.05) is 30.3 Å². The molecule has 2 aromatic carbocycles. The first-order chi connectivity index (χ1) is 9.08. The van der Waals surface area contributed by atoms with Crippen molar-refractivity contribution in [2.24, 2.45) is 0 Å². The Morgan fingerprint density at radius 1 is 1.11 bits per heavy atom. The first-order valence-corrected chi connectivity index (χ1v) is 7.13. The van der Waals surface area contributed by atoms with E-state index in [-0.39, 0.29) is 5.97 Å². The lowest BCUT2D eigenvalue weighted by Gasteiger charge is -2.09. The lowest BCUT2D eigenvalue weighted by atomic mass is 10.1. The Labute approximate surface area is 126 Å². The van der Waals surface area contributed by atoms with Gasteiger partial charge in [0.05, 0.1) is 5.56 Å². The zero-order valence-corrected chi connectivity index (χ0v) is 13.1. The maximum Gasteiger partial charge on any atom is 0.338 e. The SMILES string of the molecule is Cc1cc(C(=O)OCc2ccccc2)c(C)cc1I. The van der Waals surface area contributed by atoms with Gasteiger partial charge in [0.15, 0.2) is 0 Å². The molecule has 0 radical (unpaired) electrons. The highest BCUT2D eigenvalue weighted by Gasteiger charge is 2.12. The van der Waals surface area contributed by atoms with Crippen molar-refractivity contribution in [1.82, 2.24) is 0 Å². The van der Waals surface area contributed by atoms with Crippen molar-refractivity contribution in [3.8, 4) is 0 Å². The number of carbonyl (C=O) groups excluding carboxylic acids is 1. The van der Waals surface area contributed by atoms with Crippen molar-refractivity contribution in [1.29, 1.82) is 0 Å². The minimum Gasteiger partial charge on any atom is -0.457 e. The quantitative estimate of drug-likeness (QED) is 0.599. The molecular weight excluding hydrogens is 351 g/mol. The number of rotatable bonds is 3. The maximum atomic E-state index is 12.1. The fourth-order valence-corrected chi connectivity index (χ4v) is 2.42. The fraction of sp³-hybridized carbons (Fsp3) is 0.188. The van der Waals surface area contributed by atoms with E-state index in [1.165, 1.54) is 0 Å². The van der Waals surface area contributed by atoms with Crippen LogP contribution in [0.15, 0.2) is 42.5 Å². The van der Waals surface area contributed by atoms with Gasteiger partial charge in [-0.05, 0) is 65.3 Å². The van der Waals surface area contributed by atoms with Gasteiger partial charge in [-0.15, -0.1) is 0 Å². The van der Waals surface area contributed by atoms with Crippen LogP contribution in [-0.2, 0) is 11.3 Å². The minimum atomic E-state index is -0.263. The summed E-state index contributed by atoms with van der Waals surface area (Å²) in [6.07, 6.45) is 0. The first kappa shape index (κ1) is 14.1. The molecule has 19 heavy (non-hydrogen) atoms.